The summed E-state index contributed by atoms with van der Waals surface area (Å²) in [5.74, 6) is -1.00. The highest BCUT2D eigenvalue weighted by Gasteiger charge is 2.42. The average molecular weight is 278 g/mol. The highest BCUT2D eigenvalue weighted by atomic mass is 19.4. The Labute approximate surface area is 109 Å². The molecule has 1 aromatic rings. The van der Waals surface area contributed by atoms with Crippen LogP contribution in [0.1, 0.15) is 42.5 Å². The van der Waals surface area contributed by atoms with E-state index in [4.69, 9.17) is 0 Å². The molecule has 19 heavy (non-hydrogen) atoms. The number of halogens is 3. The number of alkyl halides is 3. The maximum absolute atomic E-state index is 13.1. The molecule has 0 aromatic carbocycles. The molecule has 0 saturated heterocycles. The quantitative estimate of drug-likeness (QED) is 0.795. The Bertz CT molecular complexity index is 464. The zero-order chi connectivity index (χ0) is 14.8. The van der Waals surface area contributed by atoms with E-state index in [2.05, 4.69) is 9.84 Å². The van der Waals surface area contributed by atoms with Crippen molar-refractivity contribution in [2.45, 2.75) is 40.4 Å². The lowest BCUT2D eigenvalue weighted by Gasteiger charge is -2.13. The first kappa shape index (κ1) is 15.5. The molecule has 7 heteroatoms. The van der Waals surface area contributed by atoms with Crippen molar-refractivity contribution in [3.8, 4) is 0 Å². The molecule has 0 N–H and O–H groups in total. The van der Waals surface area contributed by atoms with Crippen LogP contribution in [-0.2, 0) is 17.5 Å². The summed E-state index contributed by atoms with van der Waals surface area (Å²) in [5, 5.41) is 3.82. The third-order valence-corrected chi connectivity index (χ3v) is 2.41. The maximum atomic E-state index is 13.1. The Balaban J connectivity index is 3.37. The molecule has 1 aromatic heterocycles. The second kappa shape index (κ2) is 5.63. The fourth-order valence-corrected chi connectivity index (χ4v) is 1.80. The Morgan fingerprint density at radius 2 is 2.00 bits per heavy atom. The SMILES string of the molecule is CCOC(=O)c1c(C)nn(CC(C)C)c1C(F)(F)F. The van der Waals surface area contributed by atoms with E-state index >= 15 is 0 Å². The number of hydrogen-bond donors (Lipinski definition) is 0. The Morgan fingerprint density at radius 1 is 1.42 bits per heavy atom. The number of ether oxygens (including phenoxy) is 1. The largest absolute Gasteiger partial charge is 0.462 e. The number of nitrogens with zero attached hydrogens (tertiary/aromatic N) is 2. The van der Waals surface area contributed by atoms with E-state index in [1.54, 1.807) is 20.8 Å². The molecule has 0 aliphatic carbocycles. The van der Waals surface area contributed by atoms with Gasteiger partial charge in [0.15, 0.2) is 5.69 Å². The van der Waals surface area contributed by atoms with Gasteiger partial charge in [-0.25, -0.2) is 4.79 Å². The van der Waals surface area contributed by atoms with E-state index in [1.807, 2.05) is 0 Å². The molecule has 0 aliphatic heterocycles. The van der Waals surface area contributed by atoms with E-state index in [1.165, 1.54) is 6.92 Å². The minimum absolute atomic E-state index is 0.0181. The topological polar surface area (TPSA) is 44.1 Å². The summed E-state index contributed by atoms with van der Waals surface area (Å²) < 4.78 is 44.8. The minimum atomic E-state index is -4.64. The van der Waals surface area contributed by atoms with Crippen molar-refractivity contribution in [1.82, 2.24) is 9.78 Å². The molecule has 108 valence electrons. The summed E-state index contributed by atoms with van der Waals surface area (Å²) in [6, 6.07) is 0. The molecular formula is C12H17F3N2O2. The fraction of sp³-hybridized carbons (Fsp3) is 0.667. The van der Waals surface area contributed by atoms with Gasteiger partial charge in [0.05, 0.1) is 12.3 Å². The van der Waals surface area contributed by atoms with Crippen molar-refractivity contribution in [2.24, 2.45) is 5.92 Å². The predicted molar refractivity (Wildman–Crippen MR) is 62.8 cm³/mol. The van der Waals surface area contributed by atoms with E-state index in [-0.39, 0.29) is 24.8 Å². The van der Waals surface area contributed by atoms with Crippen LogP contribution in [-0.4, -0.2) is 22.4 Å². The van der Waals surface area contributed by atoms with E-state index in [0.717, 1.165) is 4.68 Å². The van der Waals surface area contributed by atoms with Gasteiger partial charge in [-0.05, 0) is 19.8 Å². The third kappa shape index (κ3) is 3.48. The summed E-state index contributed by atoms with van der Waals surface area (Å²) >= 11 is 0. The molecule has 0 radical (unpaired) electrons. The second-order valence-corrected chi connectivity index (χ2v) is 4.60. The minimum Gasteiger partial charge on any atom is -0.462 e. The second-order valence-electron chi connectivity index (χ2n) is 4.60. The molecule has 4 nitrogen and oxygen atoms in total. The molecule has 1 rings (SSSR count). The first-order valence-corrected chi connectivity index (χ1v) is 6.00. The lowest BCUT2D eigenvalue weighted by Crippen LogP contribution is -2.20. The number of carbonyl (C=O) groups is 1. The zero-order valence-corrected chi connectivity index (χ0v) is 11.3. The lowest BCUT2D eigenvalue weighted by atomic mass is 10.1. The Morgan fingerprint density at radius 3 is 2.42 bits per heavy atom. The van der Waals surface area contributed by atoms with Gasteiger partial charge in [-0.2, -0.15) is 18.3 Å². The van der Waals surface area contributed by atoms with E-state index in [9.17, 15) is 18.0 Å². The Kier molecular flexibility index (Phi) is 4.60. The smallest absolute Gasteiger partial charge is 0.433 e. The molecule has 0 fully saturated rings. The maximum Gasteiger partial charge on any atom is 0.433 e. The van der Waals surface area contributed by atoms with Crippen molar-refractivity contribution in [3.63, 3.8) is 0 Å². The fourth-order valence-electron chi connectivity index (χ4n) is 1.80. The van der Waals surface area contributed by atoms with Crippen LogP contribution in [0.2, 0.25) is 0 Å². The first-order valence-electron chi connectivity index (χ1n) is 6.00. The van der Waals surface area contributed by atoms with Crippen LogP contribution in [0.4, 0.5) is 13.2 Å². The molecule has 0 amide bonds. The number of rotatable bonds is 4. The van der Waals surface area contributed by atoms with Crippen molar-refractivity contribution in [2.75, 3.05) is 6.61 Å². The van der Waals surface area contributed by atoms with Crippen LogP contribution in [0.15, 0.2) is 0 Å². The van der Waals surface area contributed by atoms with E-state index in [0.29, 0.717) is 0 Å². The van der Waals surface area contributed by atoms with Gasteiger partial charge in [0.2, 0.25) is 0 Å². The molecule has 1 heterocycles. The van der Waals surface area contributed by atoms with Gasteiger partial charge in [0, 0.05) is 6.54 Å². The number of carbonyl (C=O) groups excluding carboxylic acids is 1. The van der Waals surface area contributed by atoms with Gasteiger partial charge < -0.3 is 4.74 Å². The van der Waals surface area contributed by atoms with Gasteiger partial charge in [0.1, 0.15) is 5.56 Å². The van der Waals surface area contributed by atoms with Gasteiger partial charge in [-0.3, -0.25) is 4.68 Å². The van der Waals surface area contributed by atoms with Crippen LogP contribution < -0.4 is 0 Å². The number of hydrogen-bond acceptors (Lipinski definition) is 3. The van der Waals surface area contributed by atoms with Gasteiger partial charge in [-0.15, -0.1) is 0 Å². The zero-order valence-electron chi connectivity index (χ0n) is 11.3. The normalized spacial score (nSPS) is 12.0. The highest BCUT2D eigenvalue weighted by molar-refractivity contribution is 5.92. The first-order chi connectivity index (χ1) is 8.68. The van der Waals surface area contributed by atoms with Crippen LogP contribution in [0.5, 0.6) is 0 Å². The molecule has 0 saturated carbocycles. The molecule has 0 unspecified atom stereocenters. The van der Waals surface area contributed by atoms with Gasteiger partial charge in [0.25, 0.3) is 0 Å². The predicted octanol–water partition coefficient (Wildman–Crippen LogP) is 3.04. The number of aryl methyl sites for hydroxylation is 1. The number of aromatic nitrogens is 2. The summed E-state index contributed by atoms with van der Waals surface area (Å²) in [6.45, 7) is 6.58. The van der Waals surface area contributed by atoms with Crippen molar-refractivity contribution >= 4 is 5.97 Å². The van der Waals surface area contributed by atoms with Crippen molar-refractivity contribution < 1.29 is 22.7 Å². The average Bonchev–Trinajstić information content (AvgIpc) is 2.53. The molecule has 0 atom stereocenters. The summed E-state index contributed by atoms with van der Waals surface area (Å²) in [4.78, 5) is 11.7. The summed E-state index contributed by atoms with van der Waals surface area (Å²) in [5.41, 5.74) is -1.49. The number of esters is 1. The molecule has 0 spiro atoms. The molecule has 0 aliphatic rings. The van der Waals surface area contributed by atoms with Crippen LogP contribution in [0, 0.1) is 12.8 Å². The standard InChI is InChI=1S/C12H17F3N2O2/c1-5-19-11(18)9-8(4)16-17(6-7(2)3)10(9)12(13,14)15/h7H,5-6H2,1-4H3. The van der Waals surface area contributed by atoms with Gasteiger partial charge >= 0.3 is 12.1 Å². The lowest BCUT2D eigenvalue weighted by molar-refractivity contribution is -0.145. The highest BCUT2D eigenvalue weighted by Crippen LogP contribution is 2.34. The van der Waals surface area contributed by atoms with Crippen LogP contribution in [0.25, 0.3) is 0 Å². The monoisotopic (exact) mass is 278 g/mol. The third-order valence-electron chi connectivity index (χ3n) is 2.41. The Hall–Kier alpha value is -1.53. The summed E-state index contributed by atoms with van der Waals surface area (Å²) in [7, 11) is 0. The molecule has 0 bridgehead atoms. The van der Waals surface area contributed by atoms with Crippen molar-refractivity contribution in [1.29, 1.82) is 0 Å². The van der Waals surface area contributed by atoms with E-state index < -0.39 is 23.4 Å². The van der Waals surface area contributed by atoms with Gasteiger partial charge in [-0.1, -0.05) is 13.8 Å². The summed E-state index contributed by atoms with van der Waals surface area (Å²) in [6.07, 6.45) is -4.64. The van der Waals surface area contributed by atoms with Crippen LogP contribution >= 0.6 is 0 Å². The van der Waals surface area contributed by atoms with Crippen LogP contribution in [0.3, 0.4) is 0 Å². The molecular weight excluding hydrogens is 261 g/mol. The van der Waals surface area contributed by atoms with Crippen molar-refractivity contribution in [3.05, 3.63) is 17.0 Å².